The first-order chi connectivity index (χ1) is 12.9. The molecule has 2 N–H and O–H groups in total. The summed E-state index contributed by atoms with van der Waals surface area (Å²) in [6, 6.07) is 5.56. The lowest BCUT2D eigenvalue weighted by Crippen LogP contribution is -2.49. The van der Waals surface area contributed by atoms with Gasteiger partial charge in [0.2, 0.25) is 11.8 Å². The maximum Gasteiger partial charge on any atom is 0.241 e. The molecule has 2 aliphatic heterocycles. The highest BCUT2D eigenvalue weighted by Crippen LogP contribution is 2.25. The Morgan fingerprint density at radius 1 is 1.19 bits per heavy atom. The molecule has 2 saturated heterocycles. The summed E-state index contributed by atoms with van der Waals surface area (Å²) >= 11 is 12.0. The molecule has 3 rings (SSSR count). The maximum atomic E-state index is 12.9. The van der Waals surface area contributed by atoms with Crippen LogP contribution >= 0.6 is 23.2 Å². The third kappa shape index (κ3) is 5.47. The van der Waals surface area contributed by atoms with Gasteiger partial charge in [-0.2, -0.15) is 0 Å². The smallest absolute Gasteiger partial charge is 0.241 e. The second-order valence-electron chi connectivity index (χ2n) is 7.35. The first kappa shape index (κ1) is 20.2. The summed E-state index contributed by atoms with van der Waals surface area (Å²) in [5.74, 6) is -0.256. The van der Waals surface area contributed by atoms with E-state index < -0.39 is 0 Å². The summed E-state index contributed by atoms with van der Waals surface area (Å²) in [5, 5.41) is 0.973. The van der Waals surface area contributed by atoms with Crippen LogP contribution in [-0.2, 0) is 16.0 Å². The van der Waals surface area contributed by atoms with Gasteiger partial charge in [-0.25, -0.2) is 0 Å². The minimum absolute atomic E-state index is 0.130. The lowest BCUT2D eigenvalue weighted by molar-refractivity contribution is -0.134. The van der Waals surface area contributed by atoms with Gasteiger partial charge in [-0.05, 0) is 49.0 Å². The van der Waals surface area contributed by atoms with Crippen LogP contribution in [0.2, 0.25) is 10.0 Å². The SMILES string of the molecule is NC(=O)C=C1CCN(CC2CCCCN2C(=O)Cc2ccc(Cl)c(Cl)c2)C1. The minimum atomic E-state index is -0.386. The minimum Gasteiger partial charge on any atom is -0.366 e. The van der Waals surface area contributed by atoms with Crippen molar-refractivity contribution in [2.24, 2.45) is 5.73 Å². The van der Waals surface area contributed by atoms with E-state index in [1.807, 2.05) is 11.0 Å². The van der Waals surface area contributed by atoms with Crippen LogP contribution in [0.4, 0.5) is 0 Å². The molecule has 0 aromatic heterocycles. The molecule has 2 fully saturated rings. The number of piperidine rings is 1. The molecule has 27 heavy (non-hydrogen) atoms. The van der Waals surface area contributed by atoms with Gasteiger partial charge in [-0.1, -0.05) is 29.3 Å². The number of hydrogen-bond donors (Lipinski definition) is 1. The Hall–Kier alpha value is -1.56. The number of primary amides is 1. The number of rotatable bonds is 5. The predicted octanol–water partition coefficient (Wildman–Crippen LogP) is 3.03. The molecule has 0 bridgehead atoms. The van der Waals surface area contributed by atoms with E-state index in [4.69, 9.17) is 28.9 Å². The summed E-state index contributed by atoms with van der Waals surface area (Å²) in [6.45, 7) is 3.30. The van der Waals surface area contributed by atoms with Gasteiger partial charge in [0.25, 0.3) is 0 Å². The Morgan fingerprint density at radius 2 is 2.00 bits per heavy atom. The first-order valence-electron chi connectivity index (χ1n) is 9.37. The lowest BCUT2D eigenvalue weighted by atomic mass is 10.00. The third-order valence-electron chi connectivity index (χ3n) is 5.28. The van der Waals surface area contributed by atoms with Gasteiger partial charge in [0, 0.05) is 38.3 Å². The van der Waals surface area contributed by atoms with Crippen molar-refractivity contribution in [3.8, 4) is 0 Å². The van der Waals surface area contributed by atoms with Gasteiger partial charge in [0.15, 0.2) is 0 Å². The predicted molar refractivity (Wildman–Crippen MR) is 108 cm³/mol. The van der Waals surface area contributed by atoms with Crippen LogP contribution in [0.5, 0.6) is 0 Å². The molecule has 1 unspecified atom stereocenters. The van der Waals surface area contributed by atoms with Crippen molar-refractivity contribution in [2.75, 3.05) is 26.2 Å². The number of carbonyl (C=O) groups excluding carboxylic acids is 2. The highest BCUT2D eigenvalue weighted by Gasteiger charge is 2.29. The van der Waals surface area contributed by atoms with Crippen molar-refractivity contribution in [2.45, 2.75) is 38.1 Å². The Morgan fingerprint density at radius 3 is 2.74 bits per heavy atom. The van der Waals surface area contributed by atoms with Gasteiger partial charge in [-0.3, -0.25) is 14.5 Å². The Bertz CT molecular complexity index is 751. The monoisotopic (exact) mass is 409 g/mol. The fourth-order valence-corrected chi connectivity index (χ4v) is 4.29. The molecule has 0 aliphatic carbocycles. The second-order valence-corrected chi connectivity index (χ2v) is 8.17. The molecule has 2 heterocycles. The molecular weight excluding hydrogens is 385 g/mol. The topological polar surface area (TPSA) is 66.6 Å². The van der Waals surface area contributed by atoms with Crippen molar-refractivity contribution in [1.29, 1.82) is 0 Å². The van der Waals surface area contributed by atoms with Crippen LogP contribution in [0, 0.1) is 0 Å². The van der Waals surface area contributed by atoms with Crippen LogP contribution in [-0.4, -0.2) is 53.8 Å². The molecule has 2 aliphatic rings. The lowest BCUT2D eigenvalue weighted by Gasteiger charge is -2.38. The van der Waals surface area contributed by atoms with E-state index in [-0.39, 0.29) is 17.9 Å². The van der Waals surface area contributed by atoms with Crippen LogP contribution in [0.25, 0.3) is 0 Å². The molecule has 146 valence electrons. The standard InChI is InChI=1S/C20H25Cl2N3O2/c21-17-5-4-14(9-18(17)22)11-20(27)25-7-2-1-3-16(25)13-24-8-6-15(12-24)10-19(23)26/h4-5,9-10,16H,1-3,6-8,11-13H2,(H2,23,26). The van der Waals surface area contributed by atoms with Crippen molar-refractivity contribution < 1.29 is 9.59 Å². The van der Waals surface area contributed by atoms with Crippen molar-refractivity contribution in [1.82, 2.24) is 9.80 Å². The zero-order chi connectivity index (χ0) is 19.4. The second kappa shape index (κ2) is 9.09. The van der Waals surface area contributed by atoms with Crippen LogP contribution < -0.4 is 5.73 Å². The number of nitrogens with zero attached hydrogens (tertiary/aromatic N) is 2. The Labute approximate surface area is 170 Å². The van der Waals surface area contributed by atoms with Gasteiger partial charge in [0.1, 0.15) is 0 Å². The average molecular weight is 410 g/mol. The number of likely N-dealkylation sites (tertiary alicyclic amines) is 2. The molecule has 2 amide bonds. The largest absolute Gasteiger partial charge is 0.366 e. The molecule has 0 spiro atoms. The maximum absolute atomic E-state index is 12.9. The van der Waals surface area contributed by atoms with Gasteiger partial charge in [0.05, 0.1) is 16.5 Å². The fraction of sp³-hybridized carbons (Fsp3) is 0.500. The normalized spacial score (nSPS) is 22.4. The summed E-state index contributed by atoms with van der Waals surface area (Å²) in [6.07, 6.45) is 5.93. The zero-order valence-corrected chi connectivity index (χ0v) is 16.8. The average Bonchev–Trinajstić information content (AvgIpc) is 3.04. The molecule has 0 radical (unpaired) electrons. The fourth-order valence-electron chi connectivity index (χ4n) is 3.96. The molecule has 0 saturated carbocycles. The van der Waals surface area contributed by atoms with Crippen LogP contribution in [0.3, 0.4) is 0 Å². The zero-order valence-electron chi connectivity index (χ0n) is 15.3. The van der Waals surface area contributed by atoms with E-state index in [0.29, 0.717) is 16.5 Å². The summed E-state index contributed by atoms with van der Waals surface area (Å²) in [7, 11) is 0. The van der Waals surface area contributed by atoms with E-state index in [1.54, 1.807) is 12.1 Å². The quantitative estimate of drug-likeness (QED) is 0.759. The van der Waals surface area contributed by atoms with Crippen LogP contribution in [0.1, 0.15) is 31.2 Å². The number of halogens is 2. The number of nitrogens with two attached hydrogens (primary N) is 1. The van der Waals surface area contributed by atoms with Crippen molar-refractivity contribution in [3.05, 3.63) is 45.5 Å². The van der Waals surface area contributed by atoms with E-state index >= 15 is 0 Å². The van der Waals surface area contributed by atoms with Crippen molar-refractivity contribution >= 4 is 35.0 Å². The highest BCUT2D eigenvalue weighted by atomic mass is 35.5. The number of benzene rings is 1. The molecule has 1 atom stereocenters. The molecule has 1 aromatic carbocycles. The van der Waals surface area contributed by atoms with E-state index in [1.165, 1.54) is 6.08 Å². The molecule has 7 heteroatoms. The molecule has 1 aromatic rings. The van der Waals surface area contributed by atoms with Crippen molar-refractivity contribution in [3.63, 3.8) is 0 Å². The highest BCUT2D eigenvalue weighted by molar-refractivity contribution is 6.42. The van der Waals surface area contributed by atoms with E-state index in [2.05, 4.69) is 4.90 Å². The van der Waals surface area contributed by atoms with E-state index in [9.17, 15) is 9.59 Å². The Balaban J connectivity index is 1.62. The molecule has 5 nitrogen and oxygen atoms in total. The van der Waals surface area contributed by atoms with E-state index in [0.717, 1.165) is 63.0 Å². The molecular formula is C20H25Cl2N3O2. The van der Waals surface area contributed by atoms with Crippen LogP contribution in [0.15, 0.2) is 29.8 Å². The number of carbonyl (C=O) groups is 2. The summed E-state index contributed by atoms with van der Waals surface area (Å²) < 4.78 is 0. The van der Waals surface area contributed by atoms with Gasteiger partial charge >= 0.3 is 0 Å². The van der Waals surface area contributed by atoms with Gasteiger partial charge < -0.3 is 10.6 Å². The summed E-state index contributed by atoms with van der Waals surface area (Å²) in [4.78, 5) is 28.3. The Kier molecular flexibility index (Phi) is 6.79. The van der Waals surface area contributed by atoms with Gasteiger partial charge in [-0.15, -0.1) is 0 Å². The first-order valence-corrected chi connectivity index (χ1v) is 10.1. The number of hydrogen-bond acceptors (Lipinski definition) is 3. The third-order valence-corrected chi connectivity index (χ3v) is 6.02. The summed E-state index contributed by atoms with van der Waals surface area (Å²) in [5.41, 5.74) is 7.21. The number of amides is 2.